The molecular weight excluding hydrogens is 541 g/mol. The number of unbranched alkanes of at least 4 members (excludes halogenated alkanes) is 2. The minimum absolute atomic E-state index is 0.0770. The quantitative estimate of drug-likeness (QED) is 0.231. The predicted molar refractivity (Wildman–Crippen MR) is 169 cm³/mol. The topological polar surface area (TPSA) is 93.9 Å². The van der Waals surface area contributed by atoms with E-state index in [1.165, 1.54) is 0 Å². The van der Waals surface area contributed by atoms with Crippen LogP contribution in [-0.2, 0) is 18.9 Å². The van der Waals surface area contributed by atoms with E-state index >= 15 is 0 Å². The summed E-state index contributed by atoms with van der Waals surface area (Å²) < 4.78 is 18.7. The van der Waals surface area contributed by atoms with Crippen molar-refractivity contribution in [1.29, 1.82) is 0 Å². The van der Waals surface area contributed by atoms with E-state index in [0.717, 1.165) is 75.6 Å². The zero-order valence-corrected chi connectivity index (χ0v) is 27.0. The number of nitrogens with zero attached hydrogens (tertiary/aromatic N) is 2. The van der Waals surface area contributed by atoms with Crippen LogP contribution >= 0.6 is 0 Å². The highest BCUT2D eigenvalue weighted by atomic mass is 16.7. The van der Waals surface area contributed by atoms with E-state index in [0.29, 0.717) is 30.3 Å². The van der Waals surface area contributed by atoms with Crippen LogP contribution in [0.4, 0.5) is 0 Å². The number of rotatable bonds is 13. The number of nitrogens with one attached hydrogen (secondary N) is 1. The highest BCUT2D eigenvalue weighted by Gasteiger charge is 2.58. The van der Waals surface area contributed by atoms with Crippen LogP contribution in [0.1, 0.15) is 111 Å². The second-order valence-corrected chi connectivity index (χ2v) is 13.9. The van der Waals surface area contributed by atoms with Crippen LogP contribution in [-0.4, -0.2) is 59.5 Å². The average molecular weight is 592 g/mol. The molecule has 8 nitrogen and oxygen atoms in total. The maximum atomic E-state index is 13.5. The predicted octanol–water partition coefficient (Wildman–Crippen LogP) is 5.85. The number of ketones is 1. The second kappa shape index (κ2) is 12.9. The first-order valence-corrected chi connectivity index (χ1v) is 16.4. The first-order chi connectivity index (χ1) is 20.5. The van der Waals surface area contributed by atoms with Crippen molar-refractivity contribution in [1.82, 2.24) is 15.2 Å². The summed E-state index contributed by atoms with van der Waals surface area (Å²) in [5.74, 6) is 1.72. The van der Waals surface area contributed by atoms with Gasteiger partial charge < -0.3 is 23.9 Å². The fourth-order valence-corrected chi connectivity index (χ4v) is 6.51. The van der Waals surface area contributed by atoms with E-state index < -0.39 is 18.3 Å². The monoisotopic (exact) mass is 591 g/mol. The van der Waals surface area contributed by atoms with Gasteiger partial charge in [-0.05, 0) is 90.3 Å². The standard InChI is InChI=1S/C34H50BN3O5/c1-7-26(39)12-10-9-11-13-28(37-30(40)27-22-34(27)18-20-38(8-2)21-19-34)31-36-23-29(41-31)24-14-16-25(17-15-24)35-42-32(3,4)33(5,6)43-35/h14-17,23,27-28H,7-13,18-22H2,1-6H3,(H,37,40)/t27-,28+/m1/s1. The molecule has 1 N–H and O–H groups in total. The molecule has 1 aromatic carbocycles. The SMILES string of the molecule is CCC(=O)CCCCC[C@H](NC(=O)[C@H]1CC12CCN(CC)CC2)c1ncc(-c2ccc(B3OC(C)(C)C(C)(C)O3)cc2)o1. The van der Waals surface area contributed by atoms with Crippen molar-refractivity contribution < 1.29 is 23.3 Å². The van der Waals surface area contributed by atoms with E-state index in [-0.39, 0.29) is 23.3 Å². The van der Waals surface area contributed by atoms with Gasteiger partial charge in [0.05, 0.1) is 17.4 Å². The maximum absolute atomic E-state index is 13.5. The molecule has 3 aliphatic rings. The molecule has 9 heteroatoms. The van der Waals surface area contributed by atoms with Gasteiger partial charge in [-0.2, -0.15) is 0 Å². The van der Waals surface area contributed by atoms with Crippen molar-refractivity contribution in [2.75, 3.05) is 19.6 Å². The van der Waals surface area contributed by atoms with E-state index in [9.17, 15) is 9.59 Å². The van der Waals surface area contributed by atoms with Gasteiger partial charge in [0.2, 0.25) is 11.8 Å². The Hall–Kier alpha value is -2.49. The molecule has 3 fully saturated rings. The first-order valence-electron chi connectivity index (χ1n) is 16.4. The Balaban J connectivity index is 1.24. The Morgan fingerprint density at radius 2 is 1.70 bits per heavy atom. The second-order valence-electron chi connectivity index (χ2n) is 13.9. The number of hydrogen-bond donors (Lipinski definition) is 1. The number of piperidine rings is 1. The van der Waals surface area contributed by atoms with Crippen molar-refractivity contribution >= 4 is 24.3 Å². The van der Waals surface area contributed by atoms with Crippen LogP contribution in [0.15, 0.2) is 34.9 Å². The third kappa shape index (κ3) is 7.10. The molecular formula is C34H50BN3O5. The molecule has 0 bridgehead atoms. The third-order valence-electron chi connectivity index (χ3n) is 10.5. The fraction of sp³-hybridized carbons (Fsp3) is 0.676. The van der Waals surface area contributed by atoms with E-state index in [4.69, 9.17) is 13.7 Å². The molecule has 2 aromatic rings. The maximum Gasteiger partial charge on any atom is 0.494 e. The lowest BCUT2D eigenvalue weighted by molar-refractivity contribution is -0.124. The fourth-order valence-electron chi connectivity index (χ4n) is 6.51. The Bertz CT molecular complexity index is 1250. The molecule has 1 saturated carbocycles. The summed E-state index contributed by atoms with van der Waals surface area (Å²) in [7, 11) is -0.420. The highest BCUT2D eigenvalue weighted by molar-refractivity contribution is 6.62. The van der Waals surface area contributed by atoms with Crippen LogP contribution in [0.2, 0.25) is 0 Å². The summed E-state index contributed by atoms with van der Waals surface area (Å²) in [6, 6.07) is 7.72. The highest BCUT2D eigenvalue weighted by Crippen LogP contribution is 2.59. The summed E-state index contributed by atoms with van der Waals surface area (Å²) in [6.45, 7) is 15.6. The van der Waals surface area contributed by atoms with Crippen LogP contribution in [0.25, 0.3) is 11.3 Å². The summed E-state index contributed by atoms with van der Waals surface area (Å²) >= 11 is 0. The molecule has 234 valence electrons. The molecule has 2 saturated heterocycles. The molecule has 1 aromatic heterocycles. The van der Waals surface area contributed by atoms with Crippen molar-refractivity contribution in [3.63, 3.8) is 0 Å². The van der Waals surface area contributed by atoms with Crippen molar-refractivity contribution in [2.24, 2.45) is 11.3 Å². The van der Waals surface area contributed by atoms with E-state index in [2.05, 4.69) is 49.8 Å². The number of benzene rings is 1. The molecule has 1 amide bonds. The van der Waals surface area contributed by atoms with Gasteiger partial charge in [0.25, 0.3) is 0 Å². The average Bonchev–Trinajstić information content (AvgIpc) is 3.35. The van der Waals surface area contributed by atoms with Gasteiger partial charge in [-0.1, -0.05) is 51.0 Å². The molecule has 1 spiro atoms. The number of carbonyl (C=O) groups excluding carboxylic acids is 2. The molecule has 2 aliphatic heterocycles. The Morgan fingerprint density at radius 3 is 2.33 bits per heavy atom. The van der Waals surface area contributed by atoms with Gasteiger partial charge >= 0.3 is 7.12 Å². The largest absolute Gasteiger partial charge is 0.494 e. The number of carbonyl (C=O) groups is 2. The number of aromatic nitrogens is 1. The van der Waals surface area contributed by atoms with Gasteiger partial charge in [-0.15, -0.1) is 0 Å². The van der Waals surface area contributed by atoms with Gasteiger partial charge in [0.15, 0.2) is 5.76 Å². The van der Waals surface area contributed by atoms with Gasteiger partial charge in [0, 0.05) is 24.3 Å². The Kier molecular flexibility index (Phi) is 9.55. The molecule has 43 heavy (non-hydrogen) atoms. The lowest BCUT2D eigenvalue weighted by atomic mass is 9.79. The minimum Gasteiger partial charge on any atom is -0.438 e. The van der Waals surface area contributed by atoms with Crippen LogP contribution in [0.5, 0.6) is 0 Å². The summed E-state index contributed by atoms with van der Waals surface area (Å²) in [5, 5.41) is 3.32. The zero-order valence-electron chi connectivity index (χ0n) is 27.0. The first kappa shape index (κ1) is 31.9. The van der Waals surface area contributed by atoms with Crippen molar-refractivity contribution in [3.05, 3.63) is 36.4 Å². The number of hydrogen-bond acceptors (Lipinski definition) is 7. The van der Waals surface area contributed by atoms with Gasteiger partial charge in [0.1, 0.15) is 11.8 Å². The third-order valence-corrected chi connectivity index (χ3v) is 10.5. The smallest absolute Gasteiger partial charge is 0.438 e. The van der Waals surface area contributed by atoms with Crippen LogP contribution in [0.3, 0.4) is 0 Å². The summed E-state index contributed by atoms with van der Waals surface area (Å²) in [4.78, 5) is 32.3. The van der Waals surface area contributed by atoms with Crippen molar-refractivity contribution in [3.8, 4) is 11.3 Å². The zero-order chi connectivity index (χ0) is 30.8. The normalized spacial score (nSPS) is 22.9. The Labute approximate surface area is 257 Å². The van der Waals surface area contributed by atoms with Crippen LogP contribution < -0.4 is 10.8 Å². The molecule has 0 unspecified atom stereocenters. The Morgan fingerprint density at radius 1 is 1.02 bits per heavy atom. The summed E-state index contributed by atoms with van der Waals surface area (Å²) in [5.41, 5.74) is 1.24. The van der Waals surface area contributed by atoms with Crippen LogP contribution in [0, 0.1) is 11.3 Å². The minimum atomic E-state index is -0.420. The number of amides is 1. The molecule has 2 atom stereocenters. The molecule has 3 heterocycles. The number of likely N-dealkylation sites (tertiary alicyclic amines) is 1. The molecule has 0 radical (unpaired) electrons. The lowest BCUT2D eigenvalue weighted by Crippen LogP contribution is -2.41. The van der Waals surface area contributed by atoms with E-state index in [1.807, 2.05) is 31.2 Å². The number of oxazole rings is 1. The summed E-state index contributed by atoms with van der Waals surface area (Å²) in [6.07, 6.45) is 9.57. The van der Waals surface area contributed by atoms with E-state index in [1.54, 1.807) is 6.20 Å². The number of Topliss-reactive ketones (excluding diaryl/α,β-unsaturated/α-hetero) is 1. The van der Waals surface area contributed by atoms with Gasteiger partial charge in [-0.3, -0.25) is 9.59 Å². The van der Waals surface area contributed by atoms with Gasteiger partial charge in [-0.25, -0.2) is 4.98 Å². The molecule has 1 aliphatic carbocycles. The van der Waals surface area contributed by atoms with Crippen molar-refractivity contribution in [2.45, 2.75) is 117 Å². The lowest BCUT2D eigenvalue weighted by Gasteiger charge is -2.32. The molecule has 5 rings (SSSR count).